The first-order chi connectivity index (χ1) is 12.2. The predicted octanol–water partition coefficient (Wildman–Crippen LogP) is 2.84. The molecule has 0 amide bonds. The van der Waals surface area contributed by atoms with Crippen LogP contribution in [0.1, 0.15) is 5.69 Å². The number of rotatable bonds is 4. The van der Waals surface area contributed by atoms with Crippen molar-refractivity contribution >= 4 is 11.5 Å². The van der Waals surface area contributed by atoms with Gasteiger partial charge in [0.15, 0.2) is 5.82 Å². The molecule has 2 N–H and O–H groups in total. The van der Waals surface area contributed by atoms with Gasteiger partial charge in [-0.15, -0.1) is 0 Å². The standard InChI is InChI=1S/C18H14FN5O/c19-13-6-8-14(9-7-13)20-11-15-10-16(25)24-18(21-15)22-17(23-24)12-4-2-1-3-5-12/h1-10,20H,11H2,(H,21,22,23). The average Bonchev–Trinajstić information content (AvgIpc) is 3.07. The quantitative estimate of drug-likeness (QED) is 0.601. The molecule has 7 heteroatoms. The van der Waals surface area contributed by atoms with Crippen LogP contribution >= 0.6 is 0 Å². The van der Waals surface area contributed by atoms with Crippen molar-refractivity contribution in [3.63, 3.8) is 0 Å². The fourth-order valence-corrected chi connectivity index (χ4v) is 2.50. The minimum atomic E-state index is -0.298. The molecular weight excluding hydrogens is 321 g/mol. The lowest BCUT2D eigenvalue weighted by Crippen LogP contribution is -2.17. The Bertz CT molecular complexity index is 1070. The highest BCUT2D eigenvalue weighted by Gasteiger charge is 2.09. The Morgan fingerprint density at radius 2 is 1.80 bits per heavy atom. The van der Waals surface area contributed by atoms with Crippen molar-refractivity contribution in [1.29, 1.82) is 0 Å². The Hall–Kier alpha value is -3.48. The monoisotopic (exact) mass is 335 g/mol. The van der Waals surface area contributed by atoms with Gasteiger partial charge in [-0.3, -0.25) is 9.89 Å². The van der Waals surface area contributed by atoms with Crippen LogP contribution < -0.4 is 10.9 Å². The van der Waals surface area contributed by atoms with Crippen molar-refractivity contribution < 1.29 is 4.39 Å². The minimum Gasteiger partial charge on any atom is -0.379 e. The number of hydrogen-bond donors (Lipinski definition) is 2. The number of fused-ring (bicyclic) bond motifs is 1. The Morgan fingerprint density at radius 1 is 1.04 bits per heavy atom. The van der Waals surface area contributed by atoms with Crippen LogP contribution in [0.15, 0.2) is 65.5 Å². The first kappa shape index (κ1) is 15.1. The first-order valence-electron chi connectivity index (χ1n) is 7.72. The maximum Gasteiger partial charge on any atom is 0.274 e. The van der Waals surface area contributed by atoms with E-state index in [1.54, 1.807) is 12.1 Å². The van der Waals surface area contributed by atoms with Crippen LogP contribution in [0.5, 0.6) is 0 Å². The second kappa shape index (κ2) is 6.20. The highest BCUT2D eigenvalue weighted by Crippen LogP contribution is 2.14. The second-order valence-corrected chi connectivity index (χ2v) is 5.52. The van der Waals surface area contributed by atoms with Crippen LogP contribution in [-0.4, -0.2) is 19.6 Å². The summed E-state index contributed by atoms with van der Waals surface area (Å²) in [6.07, 6.45) is 0. The lowest BCUT2D eigenvalue weighted by Gasteiger charge is -2.05. The third kappa shape index (κ3) is 3.12. The number of aromatic amines is 1. The SMILES string of the molecule is O=c1cc(CNc2ccc(F)cc2)nc2nc(-c3ccccc3)[nH]n12. The average molecular weight is 335 g/mol. The molecule has 124 valence electrons. The summed E-state index contributed by atoms with van der Waals surface area (Å²) < 4.78 is 14.2. The van der Waals surface area contributed by atoms with Gasteiger partial charge in [0.1, 0.15) is 5.82 Å². The summed E-state index contributed by atoms with van der Waals surface area (Å²) >= 11 is 0. The van der Waals surface area contributed by atoms with Gasteiger partial charge in [0.2, 0.25) is 0 Å². The van der Waals surface area contributed by atoms with Gasteiger partial charge in [-0.05, 0) is 24.3 Å². The summed E-state index contributed by atoms with van der Waals surface area (Å²) in [7, 11) is 0. The summed E-state index contributed by atoms with van der Waals surface area (Å²) in [5, 5.41) is 6.06. The van der Waals surface area contributed by atoms with Crippen molar-refractivity contribution in [3.05, 3.63) is 82.5 Å². The molecule has 0 atom stereocenters. The van der Waals surface area contributed by atoms with E-state index in [0.29, 0.717) is 23.8 Å². The number of halogens is 1. The molecule has 0 saturated heterocycles. The van der Waals surface area contributed by atoms with Crippen LogP contribution in [0.2, 0.25) is 0 Å². The molecule has 0 aliphatic rings. The van der Waals surface area contributed by atoms with Gasteiger partial charge in [0, 0.05) is 17.3 Å². The van der Waals surface area contributed by atoms with Gasteiger partial charge >= 0.3 is 0 Å². The number of anilines is 1. The van der Waals surface area contributed by atoms with Crippen LogP contribution in [0.25, 0.3) is 17.2 Å². The molecule has 0 saturated carbocycles. The molecule has 0 aliphatic heterocycles. The fraction of sp³-hybridized carbons (Fsp3) is 0.0556. The number of nitrogens with zero attached hydrogens (tertiary/aromatic N) is 3. The molecule has 4 aromatic rings. The number of nitrogens with one attached hydrogen (secondary N) is 2. The van der Waals surface area contributed by atoms with Gasteiger partial charge in [0.25, 0.3) is 11.3 Å². The van der Waals surface area contributed by atoms with Gasteiger partial charge in [-0.25, -0.2) is 9.37 Å². The lowest BCUT2D eigenvalue weighted by atomic mass is 10.2. The number of aromatic nitrogens is 4. The largest absolute Gasteiger partial charge is 0.379 e. The number of H-pyrrole nitrogens is 1. The lowest BCUT2D eigenvalue weighted by molar-refractivity contribution is 0.628. The van der Waals surface area contributed by atoms with E-state index in [2.05, 4.69) is 20.4 Å². The zero-order chi connectivity index (χ0) is 17.2. The Labute approximate surface area is 142 Å². The van der Waals surface area contributed by atoms with E-state index in [9.17, 15) is 9.18 Å². The normalized spacial score (nSPS) is 10.9. The van der Waals surface area contributed by atoms with E-state index in [4.69, 9.17) is 0 Å². The van der Waals surface area contributed by atoms with Gasteiger partial charge < -0.3 is 5.32 Å². The molecule has 2 heterocycles. The smallest absolute Gasteiger partial charge is 0.274 e. The highest BCUT2D eigenvalue weighted by molar-refractivity contribution is 5.56. The first-order valence-corrected chi connectivity index (χ1v) is 7.72. The third-order valence-corrected chi connectivity index (χ3v) is 3.75. The van der Waals surface area contributed by atoms with Crippen molar-refractivity contribution in [2.24, 2.45) is 0 Å². The Morgan fingerprint density at radius 3 is 2.56 bits per heavy atom. The molecule has 0 unspecified atom stereocenters. The molecule has 0 fully saturated rings. The molecule has 25 heavy (non-hydrogen) atoms. The molecule has 0 spiro atoms. The van der Waals surface area contributed by atoms with Crippen LogP contribution in [0, 0.1) is 5.82 Å². The van der Waals surface area contributed by atoms with E-state index in [1.165, 1.54) is 22.7 Å². The molecular formula is C18H14FN5O. The van der Waals surface area contributed by atoms with E-state index in [1.807, 2.05) is 30.3 Å². The zero-order valence-electron chi connectivity index (χ0n) is 13.1. The van der Waals surface area contributed by atoms with Crippen molar-refractivity contribution in [2.75, 3.05) is 5.32 Å². The van der Waals surface area contributed by atoms with Crippen molar-refractivity contribution in [2.45, 2.75) is 6.54 Å². The van der Waals surface area contributed by atoms with Gasteiger partial charge in [0.05, 0.1) is 12.2 Å². The van der Waals surface area contributed by atoms with E-state index < -0.39 is 0 Å². The van der Waals surface area contributed by atoms with E-state index >= 15 is 0 Å². The zero-order valence-corrected chi connectivity index (χ0v) is 13.1. The van der Waals surface area contributed by atoms with Crippen molar-refractivity contribution in [1.82, 2.24) is 19.6 Å². The van der Waals surface area contributed by atoms with Crippen LogP contribution in [0.3, 0.4) is 0 Å². The minimum absolute atomic E-state index is 0.240. The Kier molecular flexibility index (Phi) is 3.74. The summed E-state index contributed by atoms with van der Waals surface area (Å²) in [5.41, 5.74) is 1.94. The molecule has 0 radical (unpaired) electrons. The molecule has 4 rings (SSSR count). The van der Waals surface area contributed by atoms with Gasteiger partial charge in [-0.2, -0.15) is 9.50 Å². The Balaban J connectivity index is 1.62. The fourth-order valence-electron chi connectivity index (χ4n) is 2.50. The molecule has 2 aromatic carbocycles. The summed E-state index contributed by atoms with van der Waals surface area (Å²) in [6.45, 7) is 0.338. The molecule has 2 aromatic heterocycles. The summed E-state index contributed by atoms with van der Waals surface area (Å²) in [6, 6.07) is 17.0. The van der Waals surface area contributed by atoms with E-state index in [-0.39, 0.29) is 11.4 Å². The van der Waals surface area contributed by atoms with Crippen LogP contribution in [0.4, 0.5) is 10.1 Å². The maximum atomic E-state index is 12.9. The summed E-state index contributed by atoms with van der Waals surface area (Å²) in [5.74, 6) is 0.587. The molecule has 0 bridgehead atoms. The second-order valence-electron chi connectivity index (χ2n) is 5.52. The molecule has 0 aliphatic carbocycles. The van der Waals surface area contributed by atoms with Crippen molar-refractivity contribution in [3.8, 4) is 11.4 Å². The van der Waals surface area contributed by atoms with E-state index in [0.717, 1.165) is 11.3 Å². The third-order valence-electron chi connectivity index (χ3n) is 3.75. The van der Waals surface area contributed by atoms with Gasteiger partial charge in [-0.1, -0.05) is 30.3 Å². The number of benzene rings is 2. The highest BCUT2D eigenvalue weighted by atomic mass is 19.1. The summed E-state index contributed by atoms with van der Waals surface area (Å²) in [4.78, 5) is 21.1. The molecule has 6 nitrogen and oxygen atoms in total. The van der Waals surface area contributed by atoms with Crippen LogP contribution in [-0.2, 0) is 6.54 Å². The predicted molar refractivity (Wildman–Crippen MR) is 92.8 cm³/mol. The maximum absolute atomic E-state index is 12.9. The number of hydrogen-bond acceptors (Lipinski definition) is 4. The topological polar surface area (TPSA) is 75.1 Å².